The molecule has 0 aliphatic carbocycles. The lowest BCUT2D eigenvalue weighted by Crippen LogP contribution is -2.25. The highest BCUT2D eigenvalue weighted by atomic mass is 19.1. The third-order valence-electron chi connectivity index (χ3n) is 3.22. The van der Waals surface area contributed by atoms with Crippen molar-refractivity contribution < 1.29 is 17.9 Å². The Morgan fingerprint density at radius 3 is 2.24 bits per heavy atom. The van der Waals surface area contributed by atoms with Crippen molar-refractivity contribution in [3.8, 4) is 5.75 Å². The van der Waals surface area contributed by atoms with Gasteiger partial charge >= 0.3 is 0 Å². The van der Waals surface area contributed by atoms with Gasteiger partial charge in [0.2, 0.25) is 0 Å². The number of hydrogen-bond donors (Lipinski definition) is 1. The Bertz CT molecular complexity index is 611. The van der Waals surface area contributed by atoms with Crippen molar-refractivity contribution in [2.75, 3.05) is 13.7 Å². The molecule has 0 aliphatic rings. The van der Waals surface area contributed by atoms with E-state index in [0.29, 0.717) is 12.3 Å². The first kappa shape index (κ1) is 15.4. The molecule has 0 heterocycles. The molecule has 2 rings (SSSR count). The number of nitrogens with one attached hydrogen (secondary N) is 1. The Hall–Kier alpha value is -2.01. The third kappa shape index (κ3) is 3.19. The van der Waals surface area contributed by atoms with E-state index in [2.05, 4.69) is 5.32 Å². The van der Waals surface area contributed by atoms with Crippen LogP contribution in [0.5, 0.6) is 5.75 Å². The van der Waals surface area contributed by atoms with Crippen molar-refractivity contribution in [3.63, 3.8) is 0 Å². The Morgan fingerprint density at radius 2 is 1.71 bits per heavy atom. The summed E-state index contributed by atoms with van der Waals surface area (Å²) in [5.41, 5.74) is -0.0231. The van der Waals surface area contributed by atoms with E-state index in [4.69, 9.17) is 4.74 Å². The standard InChI is InChI=1S/C16H16F3NO/c1-3-20-16(15-12(17)5-4-6-13(15)18)11-8-7-10(21-2)9-14(11)19/h4-9,16,20H,3H2,1-2H3. The van der Waals surface area contributed by atoms with Gasteiger partial charge in [-0.3, -0.25) is 0 Å². The molecule has 0 aromatic heterocycles. The maximum atomic E-state index is 14.2. The number of rotatable bonds is 5. The molecule has 1 unspecified atom stereocenters. The van der Waals surface area contributed by atoms with Crippen LogP contribution in [-0.2, 0) is 0 Å². The van der Waals surface area contributed by atoms with E-state index in [9.17, 15) is 13.2 Å². The van der Waals surface area contributed by atoms with Crippen molar-refractivity contribution in [3.05, 3.63) is 65.0 Å². The quantitative estimate of drug-likeness (QED) is 0.905. The molecule has 0 saturated carbocycles. The Kier molecular flexibility index (Phi) is 4.85. The van der Waals surface area contributed by atoms with E-state index in [1.54, 1.807) is 13.0 Å². The first-order valence-electron chi connectivity index (χ1n) is 6.59. The van der Waals surface area contributed by atoms with Crippen LogP contribution in [0, 0.1) is 17.5 Å². The summed E-state index contributed by atoms with van der Waals surface area (Å²) in [5.74, 6) is -1.66. The van der Waals surface area contributed by atoms with Crippen LogP contribution in [-0.4, -0.2) is 13.7 Å². The number of ether oxygens (including phenoxy) is 1. The lowest BCUT2D eigenvalue weighted by atomic mass is 9.97. The van der Waals surface area contributed by atoms with Gasteiger partial charge in [-0.2, -0.15) is 0 Å². The summed E-state index contributed by atoms with van der Waals surface area (Å²) in [4.78, 5) is 0. The molecule has 0 amide bonds. The maximum Gasteiger partial charge on any atom is 0.132 e. The smallest absolute Gasteiger partial charge is 0.132 e. The molecule has 0 aliphatic heterocycles. The second-order valence-corrected chi connectivity index (χ2v) is 4.51. The van der Waals surface area contributed by atoms with Crippen LogP contribution in [0.4, 0.5) is 13.2 Å². The molecule has 5 heteroatoms. The lowest BCUT2D eigenvalue weighted by molar-refractivity contribution is 0.409. The molecule has 2 nitrogen and oxygen atoms in total. The summed E-state index contributed by atoms with van der Waals surface area (Å²) in [7, 11) is 1.42. The zero-order valence-electron chi connectivity index (χ0n) is 11.8. The van der Waals surface area contributed by atoms with Gasteiger partial charge < -0.3 is 10.1 Å². The zero-order valence-corrected chi connectivity index (χ0v) is 11.8. The third-order valence-corrected chi connectivity index (χ3v) is 3.22. The molecule has 112 valence electrons. The van der Waals surface area contributed by atoms with Gasteiger partial charge in [0.25, 0.3) is 0 Å². The SMILES string of the molecule is CCNC(c1ccc(OC)cc1F)c1c(F)cccc1F. The fraction of sp³-hybridized carbons (Fsp3) is 0.250. The van der Waals surface area contributed by atoms with E-state index < -0.39 is 23.5 Å². The van der Waals surface area contributed by atoms with Gasteiger partial charge in [0.15, 0.2) is 0 Å². The minimum Gasteiger partial charge on any atom is -0.497 e. The molecule has 0 bridgehead atoms. The highest BCUT2D eigenvalue weighted by Gasteiger charge is 2.23. The average Bonchev–Trinajstić information content (AvgIpc) is 2.46. The molecule has 0 radical (unpaired) electrons. The van der Waals surface area contributed by atoms with E-state index in [1.807, 2.05) is 0 Å². The number of halogens is 3. The lowest BCUT2D eigenvalue weighted by Gasteiger charge is -2.21. The highest BCUT2D eigenvalue weighted by molar-refractivity contribution is 5.38. The zero-order chi connectivity index (χ0) is 15.4. The summed E-state index contributed by atoms with van der Waals surface area (Å²) in [5, 5.41) is 2.91. The van der Waals surface area contributed by atoms with Crippen LogP contribution in [0.1, 0.15) is 24.1 Å². The van der Waals surface area contributed by atoms with E-state index >= 15 is 0 Å². The van der Waals surface area contributed by atoms with Crippen LogP contribution in [0.25, 0.3) is 0 Å². The number of hydrogen-bond acceptors (Lipinski definition) is 2. The molecule has 0 fully saturated rings. The van der Waals surface area contributed by atoms with E-state index in [1.165, 1.54) is 25.3 Å². The molecule has 0 saturated heterocycles. The minimum absolute atomic E-state index is 0.168. The Morgan fingerprint density at radius 1 is 1.05 bits per heavy atom. The molecular formula is C16H16F3NO. The first-order valence-corrected chi connectivity index (χ1v) is 6.59. The van der Waals surface area contributed by atoms with Crippen molar-refractivity contribution in [2.24, 2.45) is 0 Å². The molecule has 1 atom stereocenters. The van der Waals surface area contributed by atoms with E-state index in [0.717, 1.165) is 12.1 Å². The van der Waals surface area contributed by atoms with Crippen molar-refractivity contribution in [1.82, 2.24) is 5.32 Å². The summed E-state index contributed by atoms with van der Waals surface area (Å²) >= 11 is 0. The summed E-state index contributed by atoms with van der Waals surface area (Å²) in [6.45, 7) is 2.22. The van der Waals surface area contributed by atoms with Crippen molar-refractivity contribution >= 4 is 0 Å². The van der Waals surface area contributed by atoms with Gasteiger partial charge in [-0.05, 0) is 24.7 Å². The Labute approximate surface area is 121 Å². The fourth-order valence-electron chi connectivity index (χ4n) is 2.23. The van der Waals surface area contributed by atoms with Gasteiger partial charge in [0.05, 0.1) is 13.2 Å². The first-order chi connectivity index (χ1) is 10.1. The van der Waals surface area contributed by atoms with Gasteiger partial charge in [-0.1, -0.05) is 19.1 Å². The van der Waals surface area contributed by atoms with Gasteiger partial charge in [-0.25, -0.2) is 13.2 Å². The monoisotopic (exact) mass is 295 g/mol. The van der Waals surface area contributed by atoms with E-state index in [-0.39, 0.29) is 11.1 Å². The van der Waals surface area contributed by atoms with Crippen molar-refractivity contribution in [1.29, 1.82) is 0 Å². The number of methoxy groups -OCH3 is 1. The largest absolute Gasteiger partial charge is 0.497 e. The second-order valence-electron chi connectivity index (χ2n) is 4.51. The van der Waals surface area contributed by atoms with Crippen LogP contribution in [0.15, 0.2) is 36.4 Å². The van der Waals surface area contributed by atoms with Crippen LogP contribution in [0.3, 0.4) is 0 Å². The fourth-order valence-corrected chi connectivity index (χ4v) is 2.23. The van der Waals surface area contributed by atoms with Gasteiger partial charge in [0, 0.05) is 17.2 Å². The van der Waals surface area contributed by atoms with Gasteiger partial charge in [0.1, 0.15) is 23.2 Å². The van der Waals surface area contributed by atoms with Gasteiger partial charge in [-0.15, -0.1) is 0 Å². The maximum absolute atomic E-state index is 14.2. The summed E-state index contributed by atoms with van der Waals surface area (Å²) < 4.78 is 47.0. The van der Waals surface area contributed by atoms with Crippen LogP contribution < -0.4 is 10.1 Å². The highest BCUT2D eigenvalue weighted by Crippen LogP contribution is 2.30. The Balaban J connectivity index is 2.53. The molecule has 2 aromatic rings. The molecule has 1 N–H and O–H groups in total. The number of benzene rings is 2. The normalized spacial score (nSPS) is 12.2. The molecular weight excluding hydrogens is 279 g/mol. The van der Waals surface area contributed by atoms with Crippen LogP contribution in [0.2, 0.25) is 0 Å². The predicted molar refractivity (Wildman–Crippen MR) is 74.8 cm³/mol. The molecule has 21 heavy (non-hydrogen) atoms. The second kappa shape index (κ2) is 6.63. The summed E-state index contributed by atoms with van der Waals surface area (Å²) in [6, 6.07) is 6.91. The van der Waals surface area contributed by atoms with Crippen LogP contribution >= 0.6 is 0 Å². The van der Waals surface area contributed by atoms with Crippen molar-refractivity contribution in [2.45, 2.75) is 13.0 Å². The molecule has 0 spiro atoms. The topological polar surface area (TPSA) is 21.3 Å². The average molecular weight is 295 g/mol. The molecule has 2 aromatic carbocycles. The summed E-state index contributed by atoms with van der Waals surface area (Å²) in [6.07, 6.45) is 0. The predicted octanol–water partition coefficient (Wildman–Crippen LogP) is 3.81. The minimum atomic E-state index is -0.901.